The Morgan fingerprint density at radius 2 is 1.91 bits per heavy atom. The van der Waals surface area contributed by atoms with Crippen molar-refractivity contribution >= 4 is 39.8 Å². The lowest BCUT2D eigenvalue weighted by Crippen LogP contribution is -2.42. The van der Waals surface area contributed by atoms with Crippen LogP contribution in [0.4, 0.5) is 0 Å². The standard InChI is InChI=1S/C15H29N3O2S.HI/c1-3-16-14(17-10-12-21(2,19)20)18-11-9-15(13-18)7-5-4-6-8-15;/h3-13H2,1-2H3,(H,16,17);1H. The maximum Gasteiger partial charge on any atom is 0.193 e. The van der Waals surface area contributed by atoms with Gasteiger partial charge in [0.1, 0.15) is 9.84 Å². The summed E-state index contributed by atoms with van der Waals surface area (Å²) < 4.78 is 22.5. The second-order valence-electron chi connectivity index (χ2n) is 6.60. The molecule has 0 bridgehead atoms. The van der Waals surface area contributed by atoms with Gasteiger partial charge in [0.05, 0.1) is 12.3 Å². The van der Waals surface area contributed by atoms with E-state index in [-0.39, 0.29) is 29.7 Å². The van der Waals surface area contributed by atoms with Crippen molar-refractivity contribution in [3.05, 3.63) is 0 Å². The van der Waals surface area contributed by atoms with Crippen LogP contribution in [0.1, 0.15) is 45.4 Å². The number of halogens is 1. The second kappa shape index (κ2) is 8.70. The number of aliphatic imine (C=N–C) groups is 1. The van der Waals surface area contributed by atoms with E-state index in [1.165, 1.54) is 44.8 Å². The summed E-state index contributed by atoms with van der Waals surface area (Å²) in [7, 11) is -2.94. The van der Waals surface area contributed by atoms with Crippen LogP contribution in [0.2, 0.25) is 0 Å². The minimum absolute atomic E-state index is 0. The number of likely N-dealkylation sites (tertiary alicyclic amines) is 1. The van der Waals surface area contributed by atoms with E-state index in [9.17, 15) is 8.42 Å². The zero-order valence-corrected chi connectivity index (χ0v) is 17.0. The van der Waals surface area contributed by atoms with E-state index in [2.05, 4.69) is 22.1 Å². The van der Waals surface area contributed by atoms with Crippen molar-refractivity contribution in [2.24, 2.45) is 10.4 Å². The molecule has 2 rings (SSSR count). The first-order valence-corrected chi connectivity index (χ1v) is 10.2. The Hall–Kier alpha value is -0.0500. The normalized spacial score (nSPS) is 21.7. The smallest absolute Gasteiger partial charge is 0.193 e. The van der Waals surface area contributed by atoms with Crippen molar-refractivity contribution in [2.45, 2.75) is 45.4 Å². The van der Waals surface area contributed by atoms with E-state index < -0.39 is 9.84 Å². The average Bonchev–Trinajstić information content (AvgIpc) is 2.81. The highest BCUT2D eigenvalue weighted by atomic mass is 127. The van der Waals surface area contributed by atoms with Crippen molar-refractivity contribution in [3.63, 3.8) is 0 Å². The Balaban J connectivity index is 0.00000242. The second-order valence-corrected chi connectivity index (χ2v) is 8.86. The van der Waals surface area contributed by atoms with E-state index in [0.717, 1.165) is 25.6 Å². The Labute approximate surface area is 152 Å². The third kappa shape index (κ3) is 5.86. The number of hydrogen-bond donors (Lipinski definition) is 1. The third-order valence-electron chi connectivity index (χ3n) is 4.71. The van der Waals surface area contributed by atoms with Crippen molar-refractivity contribution in [1.29, 1.82) is 0 Å². The van der Waals surface area contributed by atoms with Crippen LogP contribution >= 0.6 is 24.0 Å². The summed E-state index contributed by atoms with van der Waals surface area (Å²) in [6.45, 7) is 5.35. The molecule has 1 saturated carbocycles. The van der Waals surface area contributed by atoms with Gasteiger partial charge in [-0.2, -0.15) is 0 Å². The Bertz CT molecular complexity index is 473. The molecule has 0 aromatic carbocycles. The summed E-state index contributed by atoms with van der Waals surface area (Å²) in [6, 6.07) is 0. The first-order valence-electron chi connectivity index (χ1n) is 8.15. The van der Waals surface area contributed by atoms with Crippen LogP contribution in [-0.2, 0) is 9.84 Å². The van der Waals surface area contributed by atoms with E-state index in [4.69, 9.17) is 0 Å². The summed E-state index contributed by atoms with van der Waals surface area (Å²) in [4.78, 5) is 6.84. The van der Waals surface area contributed by atoms with Crippen molar-refractivity contribution in [2.75, 3.05) is 38.2 Å². The van der Waals surface area contributed by atoms with Gasteiger partial charge in [-0.25, -0.2) is 8.42 Å². The number of sulfone groups is 1. The number of nitrogens with zero attached hydrogens (tertiary/aromatic N) is 2. The molecule has 1 N–H and O–H groups in total. The highest BCUT2D eigenvalue weighted by molar-refractivity contribution is 14.0. The molecule has 1 spiro atoms. The summed E-state index contributed by atoms with van der Waals surface area (Å²) >= 11 is 0. The van der Waals surface area contributed by atoms with Crippen molar-refractivity contribution in [3.8, 4) is 0 Å². The lowest BCUT2D eigenvalue weighted by Gasteiger charge is -2.33. The lowest BCUT2D eigenvalue weighted by molar-refractivity contribution is 0.203. The Morgan fingerprint density at radius 3 is 2.50 bits per heavy atom. The molecule has 1 heterocycles. The molecule has 22 heavy (non-hydrogen) atoms. The Morgan fingerprint density at radius 1 is 1.23 bits per heavy atom. The average molecular weight is 443 g/mol. The van der Waals surface area contributed by atoms with Crippen LogP contribution in [0.25, 0.3) is 0 Å². The van der Waals surface area contributed by atoms with Crippen LogP contribution in [-0.4, -0.2) is 57.5 Å². The monoisotopic (exact) mass is 443 g/mol. The quantitative estimate of drug-likeness (QED) is 0.412. The molecule has 7 heteroatoms. The van der Waals surface area contributed by atoms with Gasteiger partial charge in [-0.3, -0.25) is 4.99 Å². The van der Waals surface area contributed by atoms with Gasteiger partial charge in [0.15, 0.2) is 5.96 Å². The molecule has 0 radical (unpaired) electrons. The van der Waals surface area contributed by atoms with Crippen LogP contribution in [0.15, 0.2) is 4.99 Å². The van der Waals surface area contributed by atoms with Gasteiger partial charge < -0.3 is 10.2 Å². The molecule has 5 nitrogen and oxygen atoms in total. The third-order valence-corrected chi connectivity index (χ3v) is 5.63. The molecule has 0 unspecified atom stereocenters. The maximum atomic E-state index is 11.2. The van der Waals surface area contributed by atoms with Crippen LogP contribution in [0.5, 0.6) is 0 Å². The van der Waals surface area contributed by atoms with Gasteiger partial charge in [-0.15, -0.1) is 24.0 Å². The van der Waals surface area contributed by atoms with Gasteiger partial charge in [0.25, 0.3) is 0 Å². The highest BCUT2D eigenvalue weighted by Gasteiger charge is 2.39. The van der Waals surface area contributed by atoms with Crippen molar-refractivity contribution < 1.29 is 8.42 Å². The molecule has 0 aromatic heterocycles. The molecule has 1 aliphatic carbocycles. The summed E-state index contributed by atoms with van der Waals surface area (Å²) in [5.74, 6) is 1.02. The zero-order chi connectivity index (χ0) is 15.3. The molecule has 2 aliphatic rings. The van der Waals surface area contributed by atoms with Crippen molar-refractivity contribution in [1.82, 2.24) is 10.2 Å². The summed E-state index contributed by atoms with van der Waals surface area (Å²) in [6.07, 6.45) is 9.29. The van der Waals surface area contributed by atoms with Gasteiger partial charge in [0, 0.05) is 25.9 Å². The minimum Gasteiger partial charge on any atom is -0.357 e. The molecule has 0 atom stereocenters. The van der Waals surface area contributed by atoms with Gasteiger partial charge in [-0.1, -0.05) is 19.3 Å². The summed E-state index contributed by atoms with van der Waals surface area (Å²) in [5.41, 5.74) is 0.491. The maximum absolute atomic E-state index is 11.2. The first-order chi connectivity index (χ1) is 9.94. The molecular formula is C15H30IN3O2S. The van der Waals surface area contributed by atoms with Gasteiger partial charge in [-0.05, 0) is 31.6 Å². The lowest BCUT2D eigenvalue weighted by atomic mass is 9.73. The van der Waals surface area contributed by atoms with E-state index in [1.807, 2.05) is 0 Å². The largest absolute Gasteiger partial charge is 0.357 e. The fourth-order valence-corrected chi connectivity index (χ4v) is 3.99. The van der Waals surface area contributed by atoms with Crippen LogP contribution in [0.3, 0.4) is 0 Å². The fourth-order valence-electron chi connectivity index (χ4n) is 3.57. The number of guanidine groups is 1. The predicted octanol–water partition coefficient (Wildman–Crippen LogP) is 2.27. The molecule has 1 aliphatic heterocycles. The molecule has 1 saturated heterocycles. The molecule has 2 fully saturated rings. The Kier molecular flexibility index (Phi) is 7.91. The first kappa shape index (κ1) is 20.0. The predicted molar refractivity (Wildman–Crippen MR) is 103 cm³/mol. The number of hydrogen-bond acceptors (Lipinski definition) is 3. The number of nitrogens with one attached hydrogen (secondary N) is 1. The van der Waals surface area contributed by atoms with Gasteiger partial charge >= 0.3 is 0 Å². The molecule has 0 amide bonds. The van der Waals surface area contributed by atoms with Crippen LogP contribution < -0.4 is 5.32 Å². The van der Waals surface area contributed by atoms with E-state index in [1.54, 1.807) is 0 Å². The van der Waals surface area contributed by atoms with E-state index >= 15 is 0 Å². The SMILES string of the molecule is CCNC(=NCCS(C)(=O)=O)N1CCC2(CCCCC2)C1.I. The molecular weight excluding hydrogens is 413 g/mol. The topological polar surface area (TPSA) is 61.8 Å². The van der Waals surface area contributed by atoms with Crippen LogP contribution in [0, 0.1) is 5.41 Å². The zero-order valence-electron chi connectivity index (χ0n) is 13.8. The van der Waals surface area contributed by atoms with Gasteiger partial charge in [0.2, 0.25) is 0 Å². The fraction of sp³-hybridized carbons (Fsp3) is 0.933. The minimum atomic E-state index is -2.94. The number of rotatable bonds is 4. The van der Waals surface area contributed by atoms with E-state index in [0.29, 0.717) is 12.0 Å². The highest BCUT2D eigenvalue weighted by Crippen LogP contribution is 2.43. The summed E-state index contributed by atoms with van der Waals surface area (Å²) in [5, 5.41) is 3.31. The molecule has 0 aromatic rings. The molecule has 130 valence electrons.